The Hall–Kier alpha value is -2.21. The Morgan fingerprint density at radius 2 is 2.07 bits per heavy atom. The molecule has 8 nitrogen and oxygen atoms in total. The molecule has 1 fully saturated rings. The number of pyridine rings is 1. The fourth-order valence-electron chi connectivity index (χ4n) is 2.53. The van der Waals surface area contributed by atoms with E-state index in [-0.39, 0.29) is 29.9 Å². The van der Waals surface area contributed by atoms with E-state index in [0.717, 1.165) is 0 Å². The van der Waals surface area contributed by atoms with Crippen LogP contribution in [0.1, 0.15) is 26.2 Å². The van der Waals surface area contributed by atoms with Crippen molar-refractivity contribution >= 4 is 10.0 Å². The molecule has 0 unspecified atom stereocenters. The monoisotopic (exact) mass is 406 g/mol. The predicted octanol–water partition coefficient (Wildman–Crippen LogP) is 2.34. The van der Waals surface area contributed by atoms with Gasteiger partial charge in [-0.15, -0.1) is 0 Å². The Kier molecular flexibility index (Phi) is 5.12. The molecule has 2 aromatic rings. The molecule has 2 aromatic heterocycles. The highest BCUT2D eigenvalue weighted by molar-refractivity contribution is 7.89. The average molecular weight is 406 g/mol. The third-order valence-corrected chi connectivity index (χ3v) is 6.26. The second kappa shape index (κ2) is 7.08. The van der Waals surface area contributed by atoms with E-state index in [4.69, 9.17) is 4.74 Å². The minimum Gasteiger partial charge on any atom is -0.473 e. The van der Waals surface area contributed by atoms with Crippen LogP contribution in [0.25, 0.3) is 11.4 Å². The predicted molar refractivity (Wildman–Crippen MR) is 87.2 cm³/mol. The van der Waals surface area contributed by atoms with Crippen molar-refractivity contribution in [2.45, 2.75) is 37.8 Å². The molecule has 1 aliphatic heterocycles. The van der Waals surface area contributed by atoms with Crippen molar-refractivity contribution in [3.8, 4) is 17.3 Å². The molecule has 0 bridgehead atoms. The standard InChI is InChI=1S/C15H17F3N4O4S/c1-9(2)27(23,24)22-6-5-11(8-22)25-12-4-3-10(7-19-12)13-20-14(26-21-13)15(16,17)18/h3-4,7,9,11H,5-6,8H2,1-2H3/t11-/m1/s1. The minimum absolute atomic E-state index is 0.226. The van der Waals surface area contributed by atoms with Crippen LogP contribution in [-0.2, 0) is 16.2 Å². The normalized spacial score (nSPS) is 19.0. The molecule has 0 aliphatic carbocycles. The van der Waals surface area contributed by atoms with E-state index in [2.05, 4.69) is 19.6 Å². The summed E-state index contributed by atoms with van der Waals surface area (Å²) in [6, 6.07) is 2.91. The molecule has 148 valence electrons. The lowest BCUT2D eigenvalue weighted by Gasteiger charge is -2.19. The molecule has 0 amide bonds. The van der Waals surface area contributed by atoms with Crippen LogP contribution in [0, 0.1) is 0 Å². The molecule has 3 rings (SSSR count). The Bertz CT molecular complexity index is 897. The first-order chi connectivity index (χ1) is 12.6. The first kappa shape index (κ1) is 19.5. The molecular formula is C15H17F3N4O4S. The Morgan fingerprint density at radius 1 is 1.33 bits per heavy atom. The number of ether oxygens (including phenoxy) is 1. The van der Waals surface area contributed by atoms with Gasteiger partial charge < -0.3 is 9.26 Å². The van der Waals surface area contributed by atoms with E-state index in [1.807, 2.05) is 0 Å². The number of alkyl halides is 3. The number of aromatic nitrogens is 3. The zero-order valence-electron chi connectivity index (χ0n) is 14.5. The Labute approximate surface area is 153 Å². The summed E-state index contributed by atoms with van der Waals surface area (Å²) in [5.41, 5.74) is 0.233. The number of nitrogens with zero attached hydrogens (tertiary/aromatic N) is 4. The lowest BCUT2D eigenvalue weighted by Crippen LogP contribution is -2.35. The van der Waals surface area contributed by atoms with Gasteiger partial charge in [-0.1, -0.05) is 5.16 Å². The quantitative estimate of drug-likeness (QED) is 0.752. The minimum atomic E-state index is -4.72. The van der Waals surface area contributed by atoms with Gasteiger partial charge in [-0.05, 0) is 26.3 Å². The maximum atomic E-state index is 12.5. The first-order valence-corrected chi connectivity index (χ1v) is 9.60. The van der Waals surface area contributed by atoms with E-state index in [0.29, 0.717) is 13.0 Å². The van der Waals surface area contributed by atoms with Gasteiger partial charge in [-0.3, -0.25) is 0 Å². The summed E-state index contributed by atoms with van der Waals surface area (Å²) < 4.78 is 73.0. The third kappa shape index (κ3) is 4.21. The molecular weight excluding hydrogens is 389 g/mol. The van der Waals surface area contributed by atoms with Crippen molar-refractivity contribution < 1.29 is 30.8 Å². The average Bonchev–Trinajstić information content (AvgIpc) is 3.24. The van der Waals surface area contributed by atoms with Crippen LogP contribution in [0.2, 0.25) is 0 Å². The number of hydrogen-bond acceptors (Lipinski definition) is 7. The molecule has 0 aromatic carbocycles. The van der Waals surface area contributed by atoms with E-state index in [1.54, 1.807) is 13.8 Å². The first-order valence-electron chi connectivity index (χ1n) is 8.10. The van der Waals surface area contributed by atoms with Gasteiger partial charge in [0.1, 0.15) is 6.10 Å². The summed E-state index contributed by atoms with van der Waals surface area (Å²) in [5, 5.41) is 2.77. The smallest absolute Gasteiger partial charge is 0.471 e. The molecule has 1 aliphatic rings. The van der Waals surface area contributed by atoms with Crippen LogP contribution >= 0.6 is 0 Å². The second-order valence-corrected chi connectivity index (χ2v) is 8.78. The number of sulfonamides is 1. The highest BCUT2D eigenvalue weighted by Crippen LogP contribution is 2.29. The molecule has 0 radical (unpaired) electrons. The Balaban J connectivity index is 1.64. The zero-order chi connectivity index (χ0) is 19.8. The third-order valence-electron chi connectivity index (χ3n) is 4.01. The summed E-state index contributed by atoms with van der Waals surface area (Å²) >= 11 is 0. The largest absolute Gasteiger partial charge is 0.473 e. The zero-order valence-corrected chi connectivity index (χ0v) is 15.3. The molecule has 1 atom stereocenters. The molecule has 0 N–H and O–H groups in total. The van der Waals surface area contributed by atoms with Gasteiger partial charge in [-0.25, -0.2) is 13.4 Å². The maximum absolute atomic E-state index is 12.5. The number of rotatable bonds is 5. The fraction of sp³-hybridized carbons (Fsp3) is 0.533. The van der Waals surface area contributed by atoms with Gasteiger partial charge in [0, 0.05) is 24.4 Å². The van der Waals surface area contributed by atoms with Crippen molar-refractivity contribution in [1.29, 1.82) is 0 Å². The summed E-state index contributed by atoms with van der Waals surface area (Å²) in [6.45, 7) is 3.83. The van der Waals surface area contributed by atoms with Crippen LogP contribution in [-0.4, -0.2) is 52.3 Å². The van der Waals surface area contributed by atoms with Gasteiger partial charge in [0.15, 0.2) is 0 Å². The molecule has 0 saturated carbocycles. The number of hydrogen-bond donors (Lipinski definition) is 0. The van der Waals surface area contributed by atoms with E-state index in [1.165, 1.54) is 22.6 Å². The summed E-state index contributed by atoms with van der Waals surface area (Å²) in [5.74, 6) is -1.45. The SMILES string of the molecule is CC(C)S(=O)(=O)N1CC[C@@H](Oc2ccc(-c3noc(C(F)(F)F)n3)cn2)C1. The van der Waals surface area contributed by atoms with E-state index >= 15 is 0 Å². The molecule has 3 heterocycles. The van der Waals surface area contributed by atoms with Gasteiger partial charge in [0.2, 0.25) is 21.7 Å². The van der Waals surface area contributed by atoms with Crippen molar-refractivity contribution in [2.24, 2.45) is 0 Å². The number of halogens is 3. The van der Waals surface area contributed by atoms with Gasteiger partial charge in [0.25, 0.3) is 0 Å². The van der Waals surface area contributed by atoms with Crippen molar-refractivity contribution in [1.82, 2.24) is 19.4 Å². The molecule has 0 spiro atoms. The van der Waals surface area contributed by atoms with Gasteiger partial charge >= 0.3 is 12.1 Å². The maximum Gasteiger partial charge on any atom is 0.471 e. The summed E-state index contributed by atoms with van der Waals surface area (Å²) in [7, 11) is -3.34. The Morgan fingerprint density at radius 3 is 2.63 bits per heavy atom. The van der Waals surface area contributed by atoms with Crippen molar-refractivity contribution in [2.75, 3.05) is 13.1 Å². The van der Waals surface area contributed by atoms with Crippen molar-refractivity contribution in [3.63, 3.8) is 0 Å². The van der Waals surface area contributed by atoms with E-state index in [9.17, 15) is 21.6 Å². The van der Waals surface area contributed by atoms with E-state index < -0.39 is 27.3 Å². The van der Waals surface area contributed by atoms with Crippen LogP contribution in [0.5, 0.6) is 5.88 Å². The summed E-state index contributed by atoms with van der Waals surface area (Å²) in [4.78, 5) is 7.30. The van der Waals surface area contributed by atoms with Crippen LogP contribution < -0.4 is 4.74 Å². The van der Waals surface area contributed by atoms with Crippen molar-refractivity contribution in [3.05, 3.63) is 24.2 Å². The van der Waals surface area contributed by atoms with Crippen LogP contribution in [0.3, 0.4) is 0 Å². The highest BCUT2D eigenvalue weighted by Gasteiger charge is 2.38. The van der Waals surface area contributed by atoms with Gasteiger partial charge in [-0.2, -0.15) is 22.5 Å². The fourth-order valence-corrected chi connectivity index (χ4v) is 3.86. The molecule has 27 heavy (non-hydrogen) atoms. The lowest BCUT2D eigenvalue weighted by molar-refractivity contribution is -0.159. The van der Waals surface area contributed by atoms with Crippen LogP contribution in [0.15, 0.2) is 22.9 Å². The topological polar surface area (TPSA) is 98.4 Å². The summed E-state index contributed by atoms with van der Waals surface area (Å²) in [6.07, 6.45) is -3.28. The molecule has 12 heteroatoms. The molecule has 1 saturated heterocycles. The van der Waals surface area contributed by atoms with Gasteiger partial charge in [0.05, 0.1) is 11.8 Å². The second-order valence-electron chi connectivity index (χ2n) is 6.29. The highest BCUT2D eigenvalue weighted by atomic mass is 32.2. The lowest BCUT2D eigenvalue weighted by atomic mass is 10.2. The van der Waals surface area contributed by atoms with Crippen LogP contribution in [0.4, 0.5) is 13.2 Å².